The molecule has 0 rings (SSSR count). The molecule has 0 aliphatic carbocycles. The second-order valence-electron chi connectivity index (χ2n) is 2.70. The van der Waals surface area contributed by atoms with Crippen LogP contribution in [0.1, 0.15) is 0 Å². The summed E-state index contributed by atoms with van der Waals surface area (Å²) in [7, 11) is 2.97. The van der Waals surface area contributed by atoms with Gasteiger partial charge < -0.3 is 31.0 Å². The van der Waals surface area contributed by atoms with Gasteiger partial charge in [0.05, 0.1) is 0 Å². The molecule has 98 valence electrons. The van der Waals surface area contributed by atoms with E-state index in [1.807, 2.05) is 0 Å². The van der Waals surface area contributed by atoms with E-state index < -0.39 is 17.9 Å². The normalized spacial score (nSPS) is 13.1. The van der Waals surface area contributed by atoms with Crippen LogP contribution in [0.2, 0.25) is 0 Å². The first kappa shape index (κ1) is 16.2. The molecule has 0 saturated carbocycles. The lowest BCUT2D eigenvalue weighted by Gasteiger charge is -2.28. The molecule has 0 heterocycles. The average molecular weight is 272 g/mol. The van der Waals surface area contributed by atoms with Gasteiger partial charge >= 0.3 is 17.9 Å². The zero-order valence-electron chi connectivity index (χ0n) is 10.6. The Morgan fingerprint density at radius 3 is 1.25 bits per heavy atom. The lowest BCUT2D eigenvalue weighted by atomic mass is 11.7. The van der Waals surface area contributed by atoms with Gasteiger partial charge in [0.1, 0.15) is 6.23 Å². The SMILES string of the molecule is CO[Si](CO[Si](OC)(OC)OC)(OC)OC. The van der Waals surface area contributed by atoms with Gasteiger partial charge in [-0.3, -0.25) is 0 Å². The summed E-state index contributed by atoms with van der Waals surface area (Å²) < 4.78 is 36.3. The van der Waals surface area contributed by atoms with E-state index in [1.165, 1.54) is 42.7 Å². The van der Waals surface area contributed by atoms with Crippen LogP contribution in [-0.4, -0.2) is 66.7 Å². The number of hydrogen-bond donors (Lipinski definition) is 0. The van der Waals surface area contributed by atoms with Gasteiger partial charge in [-0.15, -0.1) is 0 Å². The summed E-state index contributed by atoms with van der Waals surface area (Å²) in [6.07, 6.45) is 0.0955. The van der Waals surface area contributed by atoms with Crippen LogP contribution in [0.3, 0.4) is 0 Å². The maximum atomic E-state index is 5.47. The van der Waals surface area contributed by atoms with Crippen LogP contribution in [0.25, 0.3) is 0 Å². The first-order valence-corrected chi connectivity index (χ1v) is 8.09. The van der Waals surface area contributed by atoms with Gasteiger partial charge in [0.2, 0.25) is 0 Å². The Kier molecular flexibility index (Phi) is 7.55. The van der Waals surface area contributed by atoms with Gasteiger partial charge in [-0.25, -0.2) is 0 Å². The molecular weight excluding hydrogens is 252 g/mol. The minimum atomic E-state index is -3.08. The van der Waals surface area contributed by atoms with Crippen molar-refractivity contribution >= 4 is 17.9 Å². The Bertz CT molecular complexity index is 147. The molecule has 0 saturated heterocycles. The molecule has 0 radical (unpaired) electrons. The van der Waals surface area contributed by atoms with Crippen LogP contribution >= 0.6 is 0 Å². The van der Waals surface area contributed by atoms with Gasteiger partial charge in [0, 0.05) is 42.7 Å². The van der Waals surface area contributed by atoms with Crippen molar-refractivity contribution in [3.63, 3.8) is 0 Å². The molecule has 0 N–H and O–H groups in total. The van der Waals surface area contributed by atoms with Gasteiger partial charge in [-0.05, 0) is 0 Å². The van der Waals surface area contributed by atoms with E-state index in [2.05, 4.69) is 0 Å². The summed E-state index contributed by atoms with van der Waals surface area (Å²) in [5, 5.41) is 0. The molecule has 0 aromatic carbocycles. The number of hydrogen-bond acceptors (Lipinski definition) is 7. The highest BCUT2D eigenvalue weighted by Gasteiger charge is 2.48. The van der Waals surface area contributed by atoms with Crippen LogP contribution < -0.4 is 0 Å². The van der Waals surface area contributed by atoms with Crippen LogP contribution in [-0.2, 0) is 31.0 Å². The minimum absolute atomic E-state index is 0.0955. The first-order valence-electron chi connectivity index (χ1n) is 4.52. The third-order valence-electron chi connectivity index (χ3n) is 2.11. The maximum absolute atomic E-state index is 5.47. The van der Waals surface area contributed by atoms with Gasteiger partial charge in [-0.1, -0.05) is 0 Å². The predicted molar refractivity (Wildman–Crippen MR) is 59.5 cm³/mol. The molecule has 9 heteroatoms. The van der Waals surface area contributed by atoms with Crippen LogP contribution in [0.15, 0.2) is 0 Å². The van der Waals surface area contributed by atoms with Crippen molar-refractivity contribution in [2.45, 2.75) is 0 Å². The van der Waals surface area contributed by atoms with Gasteiger partial charge in [0.15, 0.2) is 0 Å². The summed E-state index contributed by atoms with van der Waals surface area (Å²) in [4.78, 5) is 0. The highest BCUT2D eigenvalue weighted by Crippen LogP contribution is 2.13. The summed E-state index contributed by atoms with van der Waals surface area (Å²) in [5.74, 6) is 0. The fraction of sp³-hybridized carbons (Fsp3) is 1.00. The molecule has 7 nitrogen and oxygen atoms in total. The molecule has 0 fully saturated rings. The quantitative estimate of drug-likeness (QED) is 0.538. The fourth-order valence-electron chi connectivity index (χ4n) is 1.03. The monoisotopic (exact) mass is 272 g/mol. The van der Waals surface area contributed by atoms with E-state index in [9.17, 15) is 0 Å². The standard InChI is InChI=1S/C7H20O7Si2/c1-8-15(9-2,10-3)7-14-16(11-4,12-5)13-6/h7H2,1-6H3. The summed E-state index contributed by atoms with van der Waals surface area (Å²) >= 11 is 0. The second kappa shape index (κ2) is 7.47. The van der Waals surface area contributed by atoms with Crippen molar-refractivity contribution in [3.05, 3.63) is 0 Å². The highest BCUT2D eigenvalue weighted by atomic mass is 28.4. The highest BCUT2D eigenvalue weighted by molar-refractivity contribution is 6.62. The van der Waals surface area contributed by atoms with E-state index in [1.54, 1.807) is 0 Å². The van der Waals surface area contributed by atoms with Gasteiger partial charge in [0.25, 0.3) is 0 Å². The second-order valence-corrected chi connectivity index (χ2v) is 8.09. The van der Waals surface area contributed by atoms with Crippen LogP contribution in [0.5, 0.6) is 0 Å². The Morgan fingerprint density at radius 2 is 1.00 bits per heavy atom. The Balaban J connectivity index is 4.48. The van der Waals surface area contributed by atoms with E-state index >= 15 is 0 Å². The molecule has 0 unspecified atom stereocenters. The minimum Gasteiger partial charge on any atom is -0.376 e. The van der Waals surface area contributed by atoms with Crippen molar-refractivity contribution in [2.75, 3.05) is 48.9 Å². The molecule has 0 atom stereocenters. The summed E-state index contributed by atoms with van der Waals surface area (Å²) in [6.45, 7) is 0. The Hall–Kier alpha value is 0.154. The first-order chi connectivity index (χ1) is 7.57. The van der Waals surface area contributed by atoms with Crippen molar-refractivity contribution in [2.24, 2.45) is 0 Å². The predicted octanol–water partition coefficient (Wildman–Crippen LogP) is -0.205. The molecule has 0 bridgehead atoms. The Labute approximate surface area is 98.3 Å². The van der Waals surface area contributed by atoms with E-state index in [4.69, 9.17) is 31.0 Å². The average Bonchev–Trinajstić information content (AvgIpc) is 2.37. The fourth-order valence-corrected chi connectivity index (χ4v) is 4.15. The lowest BCUT2D eigenvalue weighted by molar-refractivity contribution is -0.00134. The molecule has 0 aromatic rings. The molecule has 0 aliphatic rings. The summed E-state index contributed by atoms with van der Waals surface area (Å²) in [6, 6.07) is 0. The molecule has 16 heavy (non-hydrogen) atoms. The van der Waals surface area contributed by atoms with Crippen molar-refractivity contribution in [3.8, 4) is 0 Å². The maximum Gasteiger partial charge on any atom is 0.678 e. The number of rotatable bonds is 9. The van der Waals surface area contributed by atoms with Crippen molar-refractivity contribution in [1.29, 1.82) is 0 Å². The topological polar surface area (TPSA) is 64.6 Å². The Morgan fingerprint density at radius 1 is 0.625 bits per heavy atom. The molecule has 0 amide bonds. The lowest BCUT2D eigenvalue weighted by Crippen LogP contribution is -2.55. The smallest absolute Gasteiger partial charge is 0.376 e. The van der Waals surface area contributed by atoms with Gasteiger partial charge in [-0.2, -0.15) is 0 Å². The third kappa shape index (κ3) is 3.87. The third-order valence-corrected chi connectivity index (χ3v) is 6.76. The summed E-state index contributed by atoms with van der Waals surface area (Å²) in [5.41, 5.74) is 0. The largest absolute Gasteiger partial charge is 0.678 e. The molecule has 0 aromatic heterocycles. The zero-order valence-corrected chi connectivity index (χ0v) is 12.6. The van der Waals surface area contributed by atoms with E-state index in [0.717, 1.165) is 0 Å². The van der Waals surface area contributed by atoms with E-state index in [0.29, 0.717) is 0 Å². The van der Waals surface area contributed by atoms with Crippen molar-refractivity contribution in [1.82, 2.24) is 0 Å². The molecular formula is C7H20O7Si2. The van der Waals surface area contributed by atoms with Crippen LogP contribution in [0, 0.1) is 0 Å². The van der Waals surface area contributed by atoms with E-state index in [-0.39, 0.29) is 6.23 Å². The molecule has 0 aliphatic heterocycles. The molecule has 0 spiro atoms. The van der Waals surface area contributed by atoms with Crippen LogP contribution in [0.4, 0.5) is 0 Å². The zero-order chi connectivity index (χ0) is 12.7. The van der Waals surface area contributed by atoms with Crippen molar-refractivity contribution < 1.29 is 31.0 Å².